The zero-order valence-corrected chi connectivity index (χ0v) is 11.6. The Labute approximate surface area is 122 Å². The molecule has 0 saturated carbocycles. The normalized spacial score (nSPS) is 17.4. The van der Waals surface area contributed by atoms with Crippen molar-refractivity contribution in [2.75, 3.05) is 0 Å². The largest absolute Gasteiger partial charge is 0.489 e. The van der Waals surface area contributed by atoms with Crippen molar-refractivity contribution >= 4 is 0 Å². The van der Waals surface area contributed by atoms with E-state index in [-0.39, 0.29) is 18.2 Å². The zero-order chi connectivity index (χ0) is 14.8. The van der Waals surface area contributed by atoms with Gasteiger partial charge in [-0.25, -0.2) is 8.78 Å². The average Bonchev–Trinajstić information content (AvgIpc) is 2.48. The van der Waals surface area contributed by atoms with E-state index < -0.39 is 11.6 Å². The molecule has 0 heterocycles. The predicted molar refractivity (Wildman–Crippen MR) is 77.0 cm³/mol. The van der Waals surface area contributed by atoms with Crippen molar-refractivity contribution in [3.05, 3.63) is 64.7 Å². The molecular weight excluding hydrogens is 272 g/mol. The average molecular weight is 289 g/mol. The van der Waals surface area contributed by atoms with Gasteiger partial charge in [-0.2, -0.15) is 0 Å². The lowest BCUT2D eigenvalue weighted by Crippen LogP contribution is -2.17. The maximum absolute atomic E-state index is 13.5. The Morgan fingerprint density at radius 2 is 2.00 bits per heavy atom. The van der Waals surface area contributed by atoms with Crippen LogP contribution in [0.3, 0.4) is 0 Å². The van der Waals surface area contributed by atoms with Crippen LogP contribution in [0.15, 0.2) is 36.4 Å². The van der Waals surface area contributed by atoms with Gasteiger partial charge >= 0.3 is 0 Å². The molecule has 0 saturated heterocycles. The Hall–Kier alpha value is -1.94. The Morgan fingerprint density at radius 1 is 1.14 bits per heavy atom. The van der Waals surface area contributed by atoms with E-state index in [9.17, 15) is 8.78 Å². The predicted octanol–water partition coefficient (Wildman–Crippen LogP) is 3.88. The summed E-state index contributed by atoms with van der Waals surface area (Å²) in [6, 6.07) is 9.20. The van der Waals surface area contributed by atoms with E-state index in [1.807, 2.05) is 18.2 Å². The monoisotopic (exact) mass is 289 g/mol. The van der Waals surface area contributed by atoms with E-state index in [0.29, 0.717) is 5.75 Å². The second kappa shape index (κ2) is 5.82. The summed E-state index contributed by atoms with van der Waals surface area (Å²) in [7, 11) is 0. The van der Waals surface area contributed by atoms with Gasteiger partial charge in [-0.15, -0.1) is 0 Å². The van der Waals surface area contributed by atoms with Gasteiger partial charge in [-0.05, 0) is 60.7 Å². The molecule has 110 valence electrons. The molecule has 2 N–H and O–H groups in total. The van der Waals surface area contributed by atoms with Crippen LogP contribution in [0.1, 0.15) is 35.6 Å². The maximum atomic E-state index is 13.5. The van der Waals surface area contributed by atoms with Crippen molar-refractivity contribution in [1.29, 1.82) is 0 Å². The molecule has 1 aliphatic rings. The van der Waals surface area contributed by atoms with Gasteiger partial charge in [0.05, 0.1) is 0 Å². The highest BCUT2D eigenvalue weighted by Gasteiger charge is 2.17. The Balaban J connectivity index is 1.75. The summed E-state index contributed by atoms with van der Waals surface area (Å²) in [6.45, 7) is 0.00837. The number of benzene rings is 2. The van der Waals surface area contributed by atoms with Crippen molar-refractivity contribution in [3.63, 3.8) is 0 Å². The molecule has 2 aromatic rings. The molecule has 1 atom stereocenters. The minimum absolute atomic E-state index is 0.00837. The molecule has 2 aromatic carbocycles. The highest BCUT2D eigenvalue weighted by atomic mass is 19.1. The van der Waals surface area contributed by atoms with Crippen LogP contribution in [-0.2, 0) is 13.0 Å². The van der Waals surface area contributed by atoms with E-state index in [4.69, 9.17) is 10.5 Å². The van der Waals surface area contributed by atoms with Crippen LogP contribution >= 0.6 is 0 Å². The number of halogens is 2. The first-order valence-electron chi connectivity index (χ1n) is 7.08. The number of hydrogen-bond acceptors (Lipinski definition) is 2. The lowest BCUT2D eigenvalue weighted by Gasteiger charge is -2.22. The molecule has 21 heavy (non-hydrogen) atoms. The van der Waals surface area contributed by atoms with Gasteiger partial charge in [0.1, 0.15) is 24.0 Å². The summed E-state index contributed by atoms with van der Waals surface area (Å²) >= 11 is 0. The second-order valence-electron chi connectivity index (χ2n) is 5.38. The first-order valence-corrected chi connectivity index (χ1v) is 7.08. The molecule has 1 unspecified atom stereocenters. The standard InChI is InChI=1S/C17H17F2NO/c18-13-4-7-16(19)12(8-13)10-21-14-5-6-15-11(9-14)2-1-3-17(15)20/h4-9,17H,1-3,10,20H2. The molecule has 0 radical (unpaired) electrons. The van der Waals surface area contributed by atoms with Crippen molar-refractivity contribution in [2.24, 2.45) is 5.73 Å². The highest BCUT2D eigenvalue weighted by molar-refractivity contribution is 5.39. The minimum atomic E-state index is -0.466. The van der Waals surface area contributed by atoms with Gasteiger partial charge in [-0.3, -0.25) is 0 Å². The van der Waals surface area contributed by atoms with E-state index in [2.05, 4.69) is 0 Å². The molecule has 3 rings (SSSR count). The van der Waals surface area contributed by atoms with Crippen LogP contribution in [0.25, 0.3) is 0 Å². The number of hydrogen-bond donors (Lipinski definition) is 1. The SMILES string of the molecule is NC1CCCc2cc(OCc3cc(F)ccc3F)ccc21. The van der Waals surface area contributed by atoms with Crippen LogP contribution in [0, 0.1) is 11.6 Å². The Kier molecular flexibility index (Phi) is 3.88. The third-order valence-electron chi connectivity index (χ3n) is 3.88. The summed E-state index contributed by atoms with van der Waals surface area (Å²) in [6.07, 6.45) is 3.05. The summed E-state index contributed by atoms with van der Waals surface area (Å²) in [4.78, 5) is 0. The molecule has 4 heteroatoms. The molecule has 0 spiro atoms. The van der Waals surface area contributed by atoms with Crippen LogP contribution in [0.4, 0.5) is 8.78 Å². The Morgan fingerprint density at radius 3 is 2.86 bits per heavy atom. The molecule has 0 aromatic heterocycles. The van der Waals surface area contributed by atoms with Gasteiger partial charge in [0.15, 0.2) is 0 Å². The highest BCUT2D eigenvalue weighted by Crippen LogP contribution is 2.30. The van der Waals surface area contributed by atoms with Gasteiger partial charge in [0.2, 0.25) is 0 Å². The number of rotatable bonds is 3. The van der Waals surface area contributed by atoms with Crippen LogP contribution < -0.4 is 10.5 Å². The molecule has 0 fully saturated rings. The molecule has 1 aliphatic carbocycles. The summed E-state index contributed by atoms with van der Waals surface area (Å²) in [5.41, 5.74) is 8.62. The topological polar surface area (TPSA) is 35.2 Å². The number of ether oxygens (including phenoxy) is 1. The van der Waals surface area contributed by atoms with Gasteiger partial charge < -0.3 is 10.5 Å². The molecular formula is C17H17F2NO. The first-order chi connectivity index (χ1) is 10.1. The Bertz CT molecular complexity index is 657. The summed E-state index contributed by atoms with van der Waals surface area (Å²) < 4.78 is 32.2. The number of aryl methyl sites for hydroxylation is 1. The van der Waals surface area contributed by atoms with Crippen molar-refractivity contribution < 1.29 is 13.5 Å². The molecule has 2 nitrogen and oxygen atoms in total. The lowest BCUT2D eigenvalue weighted by atomic mass is 9.88. The van der Waals surface area contributed by atoms with Crippen molar-refractivity contribution in [1.82, 2.24) is 0 Å². The van der Waals surface area contributed by atoms with E-state index >= 15 is 0 Å². The second-order valence-corrected chi connectivity index (χ2v) is 5.38. The fourth-order valence-corrected chi connectivity index (χ4v) is 2.73. The summed E-state index contributed by atoms with van der Waals surface area (Å²) in [5.74, 6) is -0.269. The summed E-state index contributed by atoms with van der Waals surface area (Å²) in [5, 5.41) is 0. The van der Waals surface area contributed by atoms with E-state index in [0.717, 1.165) is 43.0 Å². The fraction of sp³-hybridized carbons (Fsp3) is 0.294. The number of nitrogens with two attached hydrogens (primary N) is 1. The fourth-order valence-electron chi connectivity index (χ4n) is 2.73. The zero-order valence-electron chi connectivity index (χ0n) is 11.6. The number of fused-ring (bicyclic) bond motifs is 1. The van der Waals surface area contributed by atoms with Gasteiger partial charge in [0, 0.05) is 11.6 Å². The van der Waals surface area contributed by atoms with Crippen LogP contribution in [0.5, 0.6) is 5.75 Å². The van der Waals surface area contributed by atoms with Gasteiger partial charge in [-0.1, -0.05) is 6.07 Å². The minimum Gasteiger partial charge on any atom is -0.489 e. The van der Waals surface area contributed by atoms with E-state index in [1.54, 1.807) is 0 Å². The lowest BCUT2D eigenvalue weighted by molar-refractivity contribution is 0.298. The van der Waals surface area contributed by atoms with Gasteiger partial charge in [0.25, 0.3) is 0 Å². The quantitative estimate of drug-likeness (QED) is 0.930. The third-order valence-corrected chi connectivity index (χ3v) is 3.88. The maximum Gasteiger partial charge on any atom is 0.130 e. The molecule has 0 aliphatic heterocycles. The van der Waals surface area contributed by atoms with E-state index in [1.165, 1.54) is 5.56 Å². The van der Waals surface area contributed by atoms with Crippen molar-refractivity contribution in [2.45, 2.75) is 31.9 Å². The van der Waals surface area contributed by atoms with Crippen LogP contribution in [0.2, 0.25) is 0 Å². The van der Waals surface area contributed by atoms with Crippen molar-refractivity contribution in [3.8, 4) is 5.75 Å². The third kappa shape index (κ3) is 3.05. The van der Waals surface area contributed by atoms with Crippen LogP contribution in [-0.4, -0.2) is 0 Å². The smallest absolute Gasteiger partial charge is 0.130 e. The first kappa shape index (κ1) is 14.0. The molecule has 0 amide bonds. The molecule has 0 bridgehead atoms.